The van der Waals surface area contributed by atoms with Gasteiger partial charge in [0.15, 0.2) is 11.5 Å². The smallest absolute Gasteiger partial charge is 0.257 e. The summed E-state index contributed by atoms with van der Waals surface area (Å²) in [6.45, 7) is 1.85. The summed E-state index contributed by atoms with van der Waals surface area (Å²) in [7, 11) is 3.16. The maximum atomic E-state index is 12.5. The number of hydrogen-bond donors (Lipinski definition) is 2. The molecule has 0 unspecified atom stereocenters. The number of aromatic nitrogens is 1. The second-order valence-corrected chi connectivity index (χ2v) is 6.40. The van der Waals surface area contributed by atoms with Crippen molar-refractivity contribution in [1.29, 1.82) is 0 Å². The van der Waals surface area contributed by atoms with Crippen LogP contribution in [0.4, 0.5) is 17.2 Å². The molecule has 144 valence electrons. The van der Waals surface area contributed by atoms with E-state index in [1.54, 1.807) is 50.6 Å². The van der Waals surface area contributed by atoms with Gasteiger partial charge in [0.05, 0.1) is 19.8 Å². The summed E-state index contributed by atoms with van der Waals surface area (Å²) in [5, 5.41) is 6.62. The molecular weight excluding hydrogens is 378 g/mol. The minimum Gasteiger partial charge on any atom is -0.493 e. The van der Waals surface area contributed by atoms with Gasteiger partial charge in [0, 0.05) is 28.7 Å². The highest BCUT2D eigenvalue weighted by Crippen LogP contribution is 2.31. The number of amides is 1. The number of hydrogen-bond acceptors (Lipinski definition) is 5. The number of carbonyl (C=O) groups is 1. The quantitative estimate of drug-likeness (QED) is 0.608. The van der Waals surface area contributed by atoms with Gasteiger partial charge in [-0.1, -0.05) is 17.7 Å². The number of benzene rings is 2. The minimum absolute atomic E-state index is 0.254. The zero-order chi connectivity index (χ0) is 20.1. The molecule has 3 rings (SSSR count). The summed E-state index contributed by atoms with van der Waals surface area (Å²) in [4.78, 5) is 16.8. The highest BCUT2D eigenvalue weighted by Gasteiger charge is 2.10. The van der Waals surface area contributed by atoms with E-state index in [0.717, 1.165) is 11.3 Å². The molecule has 28 heavy (non-hydrogen) atoms. The van der Waals surface area contributed by atoms with Crippen LogP contribution in [-0.4, -0.2) is 25.1 Å². The molecule has 0 bridgehead atoms. The summed E-state index contributed by atoms with van der Waals surface area (Å²) < 4.78 is 10.5. The molecule has 7 heteroatoms. The normalized spacial score (nSPS) is 10.3. The largest absolute Gasteiger partial charge is 0.493 e. The first-order chi connectivity index (χ1) is 13.5. The number of carbonyl (C=O) groups excluding carboxylic acids is 1. The first-order valence-corrected chi connectivity index (χ1v) is 8.91. The van der Waals surface area contributed by atoms with Crippen LogP contribution in [0.25, 0.3) is 0 Å². The van der Waals surface area contributed by atoms with Crippen molar-refractivity contribution in [3.63, 3.8) is 0 Å². The fourth-order valence-corrected chi connectivity index (χ4v) is 2.78. The average Bonchev–Trinajstić information content (AvgIpc) is 2.71. The first kappa shape index (κ1) is 19.5. The zero-order valence-corrected chi connectivity index (χ0v) is 16.5. The Labute approximate surface area is 168 Å². The standard InChI is InChI=1S/C21H20ClN3O3/c1-13-16(22)5-4-6-17(13)25-21(26)14-7-10-20(23-12-14)24-15-8-9-18(27-2)19(11-15)28-3/h4-12H,1-3H3,(H,23,24)(H,25,26). The van der Waals surface area contributed by atoms with E-state index in [0.29, 0.717) is 33.6 Å². The Hall–Kier alpha value is -3.25. The average molecular weight is 398 g/mol. The minimum atomic E-state index is -0.254. The SMILES string of the molecule is COc1ccc(Nc2ccc(C(=O)Nc3cccc(Cl)c3C)cn2)cc1OC. The van der Waals surface area contributed by atoms with Crippen molar-refractivity contribution in [3.8, 4) is 11.5 Å². The van der Waals surface area contributed by atoms with Crippen LogP contribution in [0.1, 0.15) is 15.9 Å². The van der Waals surface area contributed by atoms with Crippen LogP contribution in [-0.2, 0) is 0 Å². The van der Waals surface area contributed by atoms with Gasteiger partial charge in [0.25, 0.3) is 5.91 Å². The van der Waals surface area contributed by atoms with Gasteiger partial charge in [0.2, 0.25) is 0 Å². The Morgan fingerprint density at radius 2 is 1.82 bits per heavy atom. The van der Waals surface area contributed by atoms with Gasteiger partial charge in [-0.3, -0.25) is 4.79 Å². The Morgan fingerprint density at radius 3 is 2.50 bits per heavy atom. The lowest BCUT2D eigenvalue weighted by molar-refractivity contribution is 0.102. The van der Waals surface area contributed by atoms with E-state index in [2.05, 4.69) is 15.6 Å². The van der Waals surface area contributed by atoms with E-state index in [1.165, 1.54) is 6.20 Å². The highest BCUT2D eigenvalue weighted by atomic mass is 35.5. The molecule has 0 fully saturated rings. The number of rotatable bonds is 6. The van der Waals surface area contributed by atoms with E-state index in [-0.39, 0.29) is 5.91 Å². The molecule has 3 aromatic rings. The van der Waals surface area contributed by atoms with Gasteiger partial charge in [-0.25, -0.2) is 4.98 Å². The number of nitrogens with one attached hydrogen (secondary N) is 2. The molecule has 2 aromatic carbocycles. The van der Waals surface area contributed by atoms with Gasteiger partial charge in [-0.2, -0.15) is 0 Å². The molecule has 2 N–H and O–H groups in total. The molecule has 0 radical (unpaired) electrons. The Balaban J connectivity index is 1.71. The first-order valence-electron chi connectivity index (χ1n) is 8.53. The lowest BCUT2D eigenvalue weighted by Gasteiger charge is -2.12. The van der Waals surface area contributed by atoms with Gasteiger partial charge >= 0.3 is 0 Å². The summed E-state index contributed by atoms with van der Waals surface area (Å²) in [6, 6.07) is 14.3. The molecule has 1 amide bonds. The highest BCUT2D eigenvalue weighted by molar-refractivity contribution is 6.31. The Kier molecular flexibility index (Phi) is 6.01. The maximum Gasteiger partial charge on any atom is 0.257 e. The van der Waals surface area contributed by atoms with Crippen molar-refractivity contribution in [2.75, 3.05) is 24.9 Å². The molecule has 0 saturated heterocycles. The topological polar surface area (TPSA) is 72.5 Å². The number of nitrogens with zero attached hydrogens (tertiary/aromatic N) is 1. The van der Waals surface area contributed by atoms with E-state index < -0.39 is 0 Å². The molecule has 0 spiro atoms. The Bertz CT molecular complexity index is 991. The predicted octanol–water partition coefficient (Wildman–Crippen LogP) is 5.06. The summed E-state index contributed by atoms with van der Waals surface area (Å²) in [6.07, 6.45) is 1.51. The van der Waals surface area contributed by atoms with E-state index in [1.807, 2.05) is 19.1 Å². The van der Waals surface area contributed by atoms with Crippen LogP contribution >= 0.6 is 11.6 Å². The van der Waals surface area contributed by atoms with Crippen LogP contribution in [0.2, 0.25) is 5.02 Å². The van der Waals surface area contributed by atoms with Crippen molar-refractivity contribution in [1.82, 2.24) is 4.98 Å². The molecule has 0 saturated carbocycles. The fraction of sp³-hybridized carbons (Fsp3) is 0.143. The van der Waals surface area contributed by atoms with E-state index in [9.17, 15) is 4.79 Å². The zero-order valence-electron chi connectivity index (χ0n) is 15.7. The Morgan fingerprint density at radius 1 is 1.04 bits per heavy atom. The maximum absolute atomic E-state index is 12.5. The lowest BCUT2D eigenvalue weighted by Crippen LogP contribution is -2.13. The molecule has 1 aromatic heterocycles. The van der Waals surface area contributed by atoms with Crippen LogP contribution in [0.5, 0.6) is 11.5 Å². The summed E-state index contributed by atoms with van der Waals surface area (Å²) >= 11 is 6.09. The molecule has 0 atom stereocenters. The monoisotopic (exact) mass is 397 g/mol. The third-order valence-corrected chi connectivity index (χ3v) is 4.61. The van der Waals surface area contributed by atoms with Crippen LogP contribution in [0.3, 0.4) is 0 Å². The number of pyridine rings is 1. The van der Waals surface area contributed by atoms with Gasteiger partial charge in [0.1, 0.15) is 5.82 Å². The number of methoxy groups -OCH3 is 2. The van der Waals surface area contributed by atoms with E-state index >= 15 is 0 Å². The summed E-state index contributed by atoms with van der Waals surface area (Å²) in [5.41, 5.74) is 2.72. The van der Waals surface area contributed by atoms with Crippen molar-refractivity contribution in [2.24, 2.45) is 0 Å². The lowest BCUT2D eigenvalue weighted by atomic mass is 10.2. The van der Waals surface area contributed by atoms with Gasteiger partial charge in [-0.05, 0) is 48.9 Å². The van der Waals surface area contributed by atoms with Crippen LogP contribution in [0.15, 0.2) is 54.7 Å². The third-order valence-electron chi connectivity index (χ3n) is 4.20. The molecular formula is C21H20ClN3O3. The van der Waals surface area contributed by atoms with Crippen molar-refractivity contribution < 1.29 is 14.3 Å². The predicted molar refractivity (Wildman–Crippen MR) is 111 cm³/mol. The van der Waals surface area contributed by atoms with Crippen LogP contribution < -0.4 is 20.1 Å². The van der Waals surface area contributed by atoms with Crippen LogP contribution in [0, 0.1) is 6.92 Å². The second kappa shape index (κ2) is 8.63. The second-order valence-electron chi connectivity index (χ2n) is 5.99. The fourth-order valence-electron chi connectivity index (χ4n) is 2.60. The number of halogens is 1. The molecule has 6 nitrogen and oxygen atoms in total. The third kappa shape index (κ3) is 4.35. The number of anilines is 3. The number of ether oxygens (including phenoxy) is 2. The van der Waals surface area contributed by atoms with Crippen molar-refractivity contribution in [3.05, 3.63) is 70.9 Å². The van der Waals surface area contributed by atoms with Gasteiger partial charge in [-0.15, -0.1) is 0 Å². The molecule has 1 heterocycles. The summed E-state index contributed by atoms with van der Waals surface area (Å²) in [5.74, 6) is 1.60. The van der Waals surface area contributed by atoms with E-state index in [4.69, 9.17) is 21.1 Å². The molecule has 0 aliphatic heterocycles. The molecule has 0 aliphatic carbocycles. The molecule has 0 aliphatic rings. The van der Waals surface area contributed by atoms with Crippen molar-refractivity contribution >= 4 is 34.7 Å². The van der Waals surface area contributed by atoms with Crippen molar-refractivity contribution in [2.45, 2.75) is 6.92 Å². The van der Waals surface area contributed by atoms with Gasteiger partial charge < -0.3 is 20.1 Å².